The lowest BCUT2D eigenvalue weighted by Gasteiger charge is -2.30. The molecule has 2 aromatic carbocycles. The largest absolute Gasteiger partial charge is 0.437 e. The Labute approximate surface area is 213 Å². The van der Waals surface area contributed by atoms with Gasteiger partial charge in [-0.2, -0.15) is 0 Å². The number of carbonyl (C=O) groups is 1. The first-order valence-corrected chi connectivity index (χ1v) is 12.7. The quantitative estimate of drug-likeness (QED) is 0.374. The first-order chi connectivity index (χ1) is 18.1. The van der Waals surface area contributed by atoms with Crippen molar-refractivity contribution in [3.05, 3.63) is 60.7 Å². The molecule has 37 heavy (non-hydrogen) atoms. The maximum absolute atomic E-state index is 13.8. The van der Waals surface area contributed by atoms with E-state index in [4.69, 9.17) is 4.42 Å². The fraction of sp³-hybridized carbons (Fsp3) is 0.321. The summed E-state index contributed by atoms with van der Waals surface area (Å²) in [4.78, 5) is 23.6. The van der Waals surface area contributed by atoms with E-state index in [-0.39, 0.29) is 23.9 Å². The second-order valence-corrected chi connectivity index (χ2v) is 9.62. The minimum absolute atomic E-state index is 0.0347. The number of hydrogen-bond acceptors (Lipinski definition) is 7. The number of aliphatic hydroxyl groups is 1. The van der Waals surface area contributed by atoms with Gasteiger partial charge in [-0.1, -0.05) is 12.1 Å². The lowest BCUT2D eigenvalue weighted by molar-refractivity contribution is -0.117. The van der Waals surface area contributed by atoms with Gasteiger partial charge in [0.15, 0.2) is 0 Å². The maximum atomic E-state index is 13.8. The van der Waals surface area contributed by atoms with Crippen LogP contribution < -0.4 is 15.5 Å². The van der Waals surface area contributed by atoms with Crippen LogP contribution in [0.1, 0.15) is 25.7 Å². The lowest BCUT2D eigenvalue weighted by atomic mass is 9.98. The number of aliphatic hydroxyl groups excluding tert-OH is 1. The highest BCUT2D eigenvalue weighted by atomic mass is 19.1. The summed E-state index contributed by atoms with van der Waals surface area (Å²) in [6.07, 6.45) is 4.33. The van der Waals surface area contributed by atoms with Crippen molar-refractivity contribution in [1.82, 2.24) is 15.3 Å². The molecule has 8 nitrogen and oxygen atoms in total. The summed E-state index contributed by atoms with van der Waals surface area (Å²) >= 11 is 0. The van der Waals surface area contributed by atoms with Gasteiger partial charge >= 0.3 is 0 Å². The average Bonchev–Trinajstić information content (AvgIpc) is 3.59. The van der Waals surface area contributed by atoms with Crippen LogP contribution in [-0.2, 0) is 4.79 Å². The van der Waals surface area contributed by atoms with Crippen LogP contribution in [-0.4, -0.2) is 52.8 Å². The van der Waals surface area contributed by atoms with Crippen LogP contribution >= 0.6 is 0 Å². The summed E-state index contributed by atoms with van der Waals surface area (Å²) in [5.41, 5.74) is 3.51. The second kappa shape index (κ2) is 9.91. The molecule has 2 aliphatic rings. The van der Waals surface area contributed by atoms with Crippen LogP contribution in [0.2, 0.25) is 0 Å². The van der Waals surface area contributed by atoms with Gasteiger partial charge in [-0.3, -0.25) is 4.79 Å². The highest BCUT2D eigenvalue weighted by molar-refractivity contribution is 6.06. The molecular weight excluding hydrogens is 473 g/mol. The lowest BCUT2D eigenvalue weighted by Crippen LogP contribution is -2.36. The van der Waals surface area contributed by atoms with E-state index in [2.05, 4.69) is 25.5 Å². The van der Waals surface area contributed by atoms with Gasteiger partial charge in [0, 0.05) is 29.9 Å². The van der Waals surface area contributed by atoms with Crippen LogP contribution in [0.3, 0.4) is 0 Å². The molecule has 0 bridgehead atoms. The van der Waals surface area contributed by atoms with Crippen molar-refractivity contribution in [1.29, 1.82) is 0 Å². The van der Waals surface area contributed by atoms with Crippen LogP contribution in [0.15, 0.2) is 59.3 Å². The molecule has 0 spiro atoms. The van der Waals surface area contributed by atoms with E-state index < -0.39 is 0 Å². The molecule has 4 heterocycles. The maximum Gasteiger partial charge on any atom is 0.241 e. The van der Waals surface area contributed by atoms with Gasteiger partial charge in [0.2, 0.25) is 11.6 Å². The number of rotatable bonds is 5. The van der Waals surface area contributed by atoms with Gasteiger partial charge < -0.3 is 25.1 Å². The highest BCUT2D eigenvalue weighted by Gasteiger charge is 2.27. The molecule has 1 amide bonds. The summed E-state index contributed by atoms with van der Waals surface area (Å²) in [5, 5.41) is 16.9. The normalized spacial score (nSPS) is 18.4. The Morgan fingerprint density at radius 3 is 2.46 bits per heavy atom. The monoisotopic (exact) mass is 501 g/mol. The van der Waals surface area contributed by atoms with E-state index in [0.717, 1.165) is 47.3 Å². The predicted molar refractivity (Wildman–Crippen MR) is 140 cm³/mol. The zero-order valence-electron chi connectivity index (χ0n) is 20.3. The summed E-state index contributed by atoms with van der Waals surface area (Å²) in [5.74, 6) is 0.971. The molecule has 3 N–H and O–H groups in total. The van der Waals surface area contributed by atoms with E-state index in [9.17, 15) is 14.3 Å². The molecule has 0 saturated carbocycles. The molecule has 0 unspecified atom stereocenters. The van der Waals surface area contributed by atoms with Crippen LogP contribution in [0.25, 0.3) is 33.6 Å². The number of furan rings is 1. The predicted octanol–water partition coefficient (Wildman–Crippen LogP) is 4.35. The molecule has 0 radical (unpaired) electrons. The third-order valence-corrected chi connectivity index (χ3v) is 7.16. The minimum atomic E-state index is -0.323. The van der Waals surface area contributed by atoms with Crippen molar-refractivity contribution in [2.24, 2.45) is 0 Å². The summed E-state index contributed by atoms with van der Waals surface area (Å²) in [6.45, 7) is 2.19. The third kappa shape index (κ3) is 4.68. The third-order valence-electron chi connectivity index (χ3n) is 7.16. The van der Waals surface area contributed by atoms with E-state index >= 15 is 0 Å². The van der Waals surface area contributed by atoms with Crippen molar-refractivity contribution < 1.29 is 18.7 Å². The molecule has 0 aliphatic carbocycles. The van der Waals surface area contributed by atoms with E-state index in [0.29, 0.717) is 43.1 Å². The van der Waals surface area contributed by atoms with Crippen LogP contribution in [0, 0.1) is 5.82 Å². The standard InChI is InChI=1S/C28H28FN5O3/c29-19-7-3-17(4-8-19)23-24-26(34-14-11-21(35)12-15-34)31-16-32-28(24)37-25(23)18-5-9-20(10-6-18)33-27(36)22-2-1-13-30-22/h3-10,16,21-22,30,35H,1-2,11-15H2,(H,33,36)/t22-/m1/s1. The van der Waals surface area contributed by atoms with Crippen LogP contribution in [0.4, 0.5) is 15.9 Å². The second-order valence-electron chi connectivity index (χ2n) is 9.62. The number of halogens is 1. The zero-order valence-corrected chi connectivity index (χ0v) is 20.3. The number of fused-ring (bicyclic) bond motifs is 1. The van der Waals surface area contributed by atoms with E-state index in [1.165, 1.54) is 18.5 Å². The van der Waals surface area contributed by atoms with E-state index in [1.54, 1.807) is 12.1 Å². The Hall–Kier alpha value is -3.82. The number of carbonyl (C=O) groups excluding carboxylic acids is 1. The average molecular weight is 502 g/mol. The molecule has 2 saturated heterocycles. The Bertz CT molecular complexity index is 1410. The summed E-state index contributed by atoms with van der Waals surface area (Å²) in [6, 6.07) is 13.6. The molecule has 1 atom stereocenters. The van der Waals surface area contributed by atoms with Crippen molar-refractivity contribution in [2.75, 3.05) is 29.9 Å². The molecule has 2 aromatic heterocycles. The highest BCUT2D eigenvalue weighted by Crippen LogP contribution is 2.44. The number of nitrogens with one attached hydrogen (secondary N) is 2. The first-order valence-electron chi connectivity index (χ1n) is 12.7. The molecule has 9 heteroatoms. The number of nitrogens with zero attached hydrogens (tertiary/aromatic N) is 3. The van der Waals surface area contributed by atoms with Gasteiger partial charge in [0.05, 0.1) is 17.5 Å². The van der Waals surface area contributed by atoms with Gasteiger partial charge in [-0.15, -0.1) is 0 Å². The van der Waals surface area contributed by atoms with Gasteiger partial charge in [0.25, 0.3) is 0 Å². The molecule has 6 rings (SSSR count). The molecule has 190 valence electrons. The first kappa shape index (κ1) is 23.6. The Kier molecular flexibility index (Phi) is 6.31. The summed E-state index contributed by atoms with van der Waals surface area (Å²) in [7, 11) is 0. The van der Waals surface area contributed by atoms with Crippen molar-refractivity contribution in [3.8, 4) is 22.5 Å². The molecule has 2 aliphatic heterocycles. The molecular formula is C28H28FN5O3. The van der Waals surface area contributed by atoms with Crippen molar-refractivity contribution >= 4 is 28.5 Å². The molecule has 2 fully saturated rings. The number of aromatic nitrogens is 2. The Balaban J connectivity index is 1.41. The zero-order chi connectivity index (χ0) is 25.4. The summed E-state index contributed by atoms with van der Waals surface area (Å²) < 4.78 is 20.1. The number of piperidine rings is 1. The minimum Gasteiger partial charge on any atom is -0.437 e. The Morgan fingerprint density at radius 1 is 1.03 bits per heavy atom. The fourth-order valence-corrected chi connectivity index (χ4v) is 5.17. The van der Waals surface area contributed by atoms with Crippen LogP contribution in [0.5, 0.6) is 0 Å². The van der Waals surface area contributed by atoms with Crippen molar-refractivity contribution in [3.63, 3.8) is 0 Å². The number of amides is 1. The molecule has 4 aromatic rings. The number of benzene rings is 2. The number of hydrogen-bond donors (Lipinski definition) is 3. The van der Waals surface area contributed by atoms with Gasteiger partial charge in [-0.05, 0) is 74.2 Å². The SMILES string of the molecule is O=C(Nc1ccc(-c2oc3ncnc(N4CCC(O)CC4)c3c2-c2ccc(F)cc2)cc1)[C@H]1CCCN1. The smallest absolute Gasteiger partial charge is 0.241 e. The fourth-order valence-electron chi connectivity index (χ4n) is 5.17. The van der Waals surface area contributed by atoms with E-state index in [1.807, 2.05) is 24.3 Å². The van der Waals surface area contributed by atoms with Gasteiger partial charge in [-0.25, -0.2) is 14.4 Å². The van der Waals surface area contributed by atoms with Gasteiger partial charge in [0.1, 0.15) is 23.7 Å². The van der Waals surface area contributed by atoms with Crippen molar-refractivity contribution in [2.45, 2.75) is 37.8 Å². The Morgan fingerprint density at radius 2 is 1.76 bits per heavy atom. The topological polar surface area (TPSA) is 104 Å². The number of anilines is 2.